The number of ether oxygens (including phenoxy) is 1. The number of nitrogens with one attached hydrogen (secondary N) is 1. The number of aliphatic hydroxyl groups excluding tert-OH is 1. The van der Waals surface area contributed by atoms with E-state index in [0.29, 0.717) is 25.1 Å². The number of hydrogen-bond donors (Lipinski definition) is 2. The quantitative estimate of drug-likeness (QED) is 0.555. The number of aryl methyl sites for hydroxylation is 3. The Kier molecular flexibility index (Phi) is 6.60. The maximum absolute atomic E-state index is 11.9. The van der Waals surface area contributed by atoms with Crippen molar-refractivity contribution in [1.29, 1.82) is 0 Å². The molecule has 3 aromatic rings. The number of amides is 1. The van der Waals surface area contributed by atoms with Crippen LogP contribution >= 0.6 is 0 Å². The molecule has 148 valence electrons. The number of carbonyl (C=O) groups is 1. The molecule has 2 aromatic carbocycles. The molecule has 28 heavy (non-hydrogen) atoms. The summed E-state index contributed by atoms with van der Waals surface area (Å²) >= 11 is 0. The van der Waals surface area contributed by atoms with Gasteiger partial charge in [0.25, 0.3) is 5.91 Å². The highest BCUT2D eigenvalue weighted by molar-refractivity contribution is 5.94. The van der Waals surface area contributed by atoms with Gasteiger partial charge in [-0.2, -0.15) is 0 Å². The maximum atomic E-state index is 11.9. The standard InChI is InChI=1S/C21H26N4O3/c1-15-13-19-20(14-16(15)2)25(24-23-19)10-4-12-28-18-7-5-17(6-8-18)21(27)22-9-3-11-26/h5-8,13-14,26H,3-4,9-12H2,1-2H3,(H,22,27). The van der Waals surface area contributed by atoms with Gasteiger partial charge in [0.1, 0.15) is 11.3 Å². The molecule has 0 spiro atoms. The van der Waals surface area contributed by atoms with Gasteiger partial charge in [-0.1, -0.05) is 5.21 Å². The Morgan fingerprint density at radius 3 is 2.64 bits per heavy atom. The normalized spacial score (nSPS) is 11.0. The van der Waals surface area contributed by atoms with Gasteiger partial charge < -0.3 is 15.2 Å². The number of aliphatic hydroxyl groups is 1. The van der Waals surface area contributed by atoms with Crippen molar-refractivity contribution in [2.45, 2.75) is 33.2 Å². The van der Waals surface area contributed by atoms with E-state index in [1.165, 1.54) is 11.1 Å². The predicted molar refractivity (Wildman–Crippen MR) is 108 cm³/mol. The van der Waals surface area contributed by atoms with Gasteiger partial charge in [0, 0.05) is 31.7 Å². The average Bonchev–Trinajstić information content (AvgIpc) is 3.08. The third-order valence-electron chi connectivity index (χ3n) is 4.65. The van der Waals surface area contributed by atoms with Crippen molar-refractivity contribution in [3.63, 3.8) is 0 Å². The Balaban J connectivity index is 1.48. The van der Waals surface area contributed by atoms with E-state index in [4.69, 9.17) is 9.84 Å². The Hall–Kier alpha value is -2.93. The first-order valence-corrected chi connectivity index (χ1v) is 9.51. The zero-order valence-electron chi connectivity index (χ0n) is 16.3. The fraction of sp³-hybridized carbons (Fsp3) is 0.381. The summed E-state index contributed by atoms with van der Waals surface area (Å²) in [6.45, 7) is 5.97. The maximum Gasteiger partial charge on any atom is 0.251 e. The summed E-state index contributed by atoms with van der Waals surface area (Å²) in [6, 6.07) is 11.2. The van der Waals surface area contributed by atoms with Crippen LogP contribution in [0.15, 0.2) is 36.4 Å². The molecule has 3 rings (SSSR count). The van der Waals surface area contributed by atoms with Crippen LogP contribution in [-0.2, 0) is 6.54 Å². The summed E-state index contributed by atoms with van der Waals surface area (Å²) in [5.74, 6) is 0.574. The van der Waals surface area contributed by atoms with Crippen LogP contribution in [0.1, 0.15) is 34.3 Å². The van der Waals surface area contributed by atoms with Crippen LogP contribution < -0.4 is 10.1 Å². The SMILES string of the molecule is Cc1cc2nnn(CCCOc3ccc(C(=O)NCCCO)cc3)c2cc1C. The van der Waals surface area contributed by atoms with E-state index in [2.05, 4.69) is 41.6 Å². The predicted octanol–water partition coefficient (Wildman–Crippen LogP) is 2.63. The van der Waals surface area contributed by atoms with Gasteiger partial charge in [0.15, 0.2) is 0 Å². The summed E-state index contributed by atoms with van der Waals surface area (Å²) in [7, 11) is 0. The zero-order valence-corrected chi connectivity index (χ0v) is 16.3. The van der Waals surface area contributed by atoms with Crippen molar-refractivity contribution in [3.05, 3.63) is 53.1 Å². The highest BCUT2D eigenvalue weighted by Crippen LogP contribution is 2.17. The lowest BCUT2D eigenvalue weighted by atomic mass is 10.1. The van der Waals surface area contributed by atoms with E-state index in [1.54, 1.807) is 24.3 Å². The first kappa shape index (κ1) is 19.8. The molecular weight excluding hydrogens is 356 g/mol. The van der Waals surface area contributed by atoms with Crippen LogP contribution in [-0.4, -0.2) is 45.8 Å². The van der Waals surface area contributed by atoms with E-state index in [-0.39, 0.29) is 12.5 Å². The number of nitrogens with zero attached hydrogens (tertiary/aromatic N) is 3. The number of fused-ring (bicyclic) bond motifs is 1. The Bertz CT molecular complexity index is 935. The largest absolute Gasteiger partial charge is 0.494 e. The van der Waals surface area contributed by atoms with Crippen LogP contribution in [0.4, 0.5) is 0 Å². The molecule has 0 radical (unpaired) electrons. The smallest absolute Gasteiger partial charge is 0.251 e. The topological polar surface area (TPSA) is 89.3 Å². The van der Waals surface area contributed by atoms with E-state index >= 15 is 0 Å². The molecule has 7 nitrogen and oxygen atoms in total. The van der Waals surface area contributed by atoms with Gasteiger partial charge in [-0.05, 0) is 67.8 Å². The molecule has 0 atom stereocenters. The summed E-state index contributed by atoms with van der Waals surface area (Å²) in [4.78, 5) is 11.9. The van der Waals surface area contributed by atoms with Crippen molar-refractivity contribution >= 4 is 16.9 Å². The first-order chi connectivity index (χ1) is 13.6. The van der Waals surface area contributed by atoms with Crippen LogP contribution in [0.3, 0.4) is 0 Å². The Labute approximate surface area is 164 Å². The molecule has 1 aromatic heterocycles. The summed E-state index contributed by atoms with van der Waals surface area (Å²) < 4.78 is 7.67. The molecule has 0 unspecified atom stereocenters. The second-order valence-electron chi connectivity index (χ2n) is 6.80. The third kappa shape index (κ3) is 4.86. The number of rotatable bonds is 9. The molecule has 0 saturated heterocycles. The number of aromatic nitrogens is 3. The van der Waals surface area contributed by atoms with Gasteiger partial charge in [-0.3, -0.25) is 4.79 Å². The molecule has 0 aliphatic heterocycles. The highest BCUT2D eigenvalue weighted by Gasteiger charge is 2.07. The minimum absolute atomic E-state index is 0.0662. The van der Waals surface area contributed by atoms with Gasteiger partial charge in [0.2, 0.25) is 0 Å². The van der Waals surface area contributed by atoms with Gasteiger partial charge >= 0.3 is 0 Å². The molecule has 0 aliphatic rings. The average molecular weight is 382 g/mol. The molecular formula is C21H26N4O3. The van der Waals surface area contributed by atoms with Crippen molar-refractivity contribution in [1.82, 2.24) is 20.3 Å². The monoisotopic (exact) mass is 382 g/mol. The Morgan fingerprint density at radius 1 is 1.14 bits per heavy atom. The number of carbonyl (C=O) groups excluding carboxylic acids is 1. The molecule has 0 aliphatic carbocycles. The van der Waals surface area contributed by atoms with Gasteiger partial charge in [0.05, 0.1) is 12.1 Å². The summed E-state index contributed by atoms with van der Waals surface area (Å²) in [5.41, 5.74) is 4.97. The molecule has 7 heteroatoms. The van der Waals surface area contributed by atoms with Crippen molar-refractivity contribution < 1.29 is 14.6 Å². The highest BCUT2D eigenvalue weighted by atomic mass is 16.5. The van der Waals surface area contributed by atoms with E-state index < -0.39 is 0 Å². The lowest BCUT2D eigenvalue weighted by molar-refractivity contribution is 0.0951. The summed E-state index contributed by atoms with van der Waals surface area (Å²) in [6.07, 6.45) is 1.35. The fourth-order valence-electron chi connectivity index (χ4n) is 2.88. The van der Waals surface area contributed by atoms with Crippen LogP contribution in [0.5, 0.6) is 5.75 Å². The lowest BCUT2D eigenvalue weighted by Gasteiger charge is -2.08. The van der Waals surface area contributed by atoms with Crippen molar-refractivity contribution in [2.75, 3.05) is 19.8 Å². The molecule has 2 N–H and O–H groups in total. The van der Waals surface area contributed by atoms with E-state index in [9.17, 15) is 4.79 Å². The lowest BCUT2D eigenvalue weighted by Crippen LogP contribution is -2.24. The third-order valence-corrected chi connectivity index (χ3v) is 4.65. The molecule has 1 amide bonds. The Morgan fingerprint density at radius 2 is 1.89 bits per heavy atom. The first-order valence-electron chi connectivity index (χ1n) is 9.51. The molecule has 0 saturated carbocycles. The van der Waals surface area contributed by atoms with Crippen molar-refractivity contribution in [2.24, 2.45) is 0 Å². The van der Waals surface area contributed by atoms with Crippen LogP contribution in [0.25, 0.3) is 11.0 Å². The van der Waals surface area contributed by atoms with Crippen LogP contribution in [0, 0.1) is 13.8 Å². The molecule has 1 heterocycles. The minimum Gasteiger partial charge on any atom is -0.494 e. The summed E-state index contributed by atoms with van der Waals surface area (Å²) in [5, 5.41) is 20.0. The van der Waals surface area contributed by atoms with Crippen molar-refractivity contribution in [3.8, 4) is 5.75 Å². The van der Waals surface area contributed by atoms with E-state index in [0.717, 1.165) is 29.7 Å². The zero-order chi connectivity index (χ0) is 19.9. The minimum atomic E-state index is -0.149. The number of hydrogen-bond acceptors (Lipinski definition) is 5. The van der Waals surface area contributed by atoms with Gasteiger partial charge in [-0.25, -0.2) is 4.68 Å². The fourth-order valence-corrected chi connectivity index (χ4v) is 2.88. The van der Waals surface area contributed by atoms with E-state index in [1.807, 2.05) is 4.68 Å². The van der Waals surface area contributed by atoms with Crippen LogP contribution in [0.2, 0.25) is 0 Å². The second-order valence-corrected chi connectivity index (χ2v) is 6.80. The molecule has 0 bridgehead atoms. The second kappa shape index (κ2) is 9.32. The van der Waals surface area contributed by atoms with Gasteiger partial charge in [-0.15, -0.1) is 5.10 Å². The molecule has 0 fully saturated rings. The number of benzene rings is 2.